The molecule has 3 atom stereocenters. The molecule has 0 spiro atoms. The summed E-state index contributed by atoms with van der Waals surface area (Å²) in [4.78, 5) is 27.3. The fraction of sp³-hybridized carbons (Fsp3) is 0.600. The van der Waals surface area contributed by atoms with Gasteiger partial charge >= 0.3 is 18.4 Å². The maximum atomic E-state index is 13.1. The number of halogens is 3. The summed E-state index contributed by atoms with van der Waals surface area (Å²) in [5, 5.41) is 9.01. The highest BCUT2D eigenvalue weighted by Crippen LogP contribution is 2.33. The number of nitrogens with zero attached hydrogens (tertiary/aromatic N) is 2. The zero-order valence-electron chi connectivity index (χ0n) is 16.6. The van der Waals surface area contributed by atoms with Crippen molar-refractivity contribution < 1.29 is 37.3 Å². The summed E-state index contributed by atoms with van der Waals surface area (Å²) in [7, 11) is 1.59. The van der Waals surface area contributed by atoms with Crippen molar-refractivity contribution in [2.45, 2.75) is 43.6 Å². The molecule has 2 aliphatic rings. The number of alkyl halides is 3. The molecule has 166 valence electrons. The predicted octanol–water partition coefficient (Wildman–Crippen LogP) is 3.79. The first-order valence-electron chi connectivity index (χ1n) is 9.80. The second kappa shape index (κ2) is 9.11. The van der Waals surface area contributed by atoms with Crippen molar-refractivity contribution in [2.75, 3.05) is 33.3 Å². The van der Waals surface area contributed by atoms with Gasteiger partial charge in [-0.25, -0.2) is 9.59 Å². The van der Waals surface area contributed by atoms with E-state index in [2.05, 4.69) is 0 Å². The Morgan fingerprint density at radius 3 is 2.33 bits per heavy atom. The number of amides is 2. The van der Waals surface area contributed by atoms with Crippen LogP contribution in [0.5, 0.6) is 0 Å². The van der Waals surface area contributed by atoms with E-state index in [0.29, 0.717) is 25.1 Å². The molecule has 0 aliphatic carbocycles. The summed E-state index contributed by atoms with van der Waals surface area (Å²) < 4.78 is 48.8. The van der Waals surface area contributed by atoms with Crippen LogP contribution in [-0.4, -0.2) is 72.6 Å². The number of carbonyl (C=O) groups excluding carboxylic acids is 1. The van der Waals surface area contributed by atoms with Crippen LogP contribution in [0.15, 0.2) is 24.3 Å². The molecular formula is C20H25F3N2O5. The second-order valence-electron chi connectivity index (χ2n) is 7.69. The summed E-state index contributed by atoms with van der Waals surface area (Å²) in [5.41, 5.74) is -0.153. The monoisotopic (exact) mass is 430 g/mol. The zero-order valence-corrected chi connectivity index (χ0v) is 16.6. The van der Waals surface area contributed by atoms with Crippen molar-refractivity contribution in [1.29, 1.82) is 0 Å². The van der Waals surface area contributed by atoms with E-state index in [1.807, 2.05) is 0 Å². The fourth-order valence-electron chi connectivity index (χ4n) is 4.13. The zero-order chi connectivity index (χ0) is 21.9. The highest BCUT2D eigenvalue weighted by atomic mass is 19.4. The molecule has 1 aromatic rings. The molecule has 1 N–H and O–H groups in total. The van der Waals surface area contributed by atoms with Crippen LogP contribution < -0.4 is 0 Å². The molecule has 0 aromatic heterocycles. The number of carbonyl (C=O) groups is 2. The number of hydrogen-bond donors (Lipinski definition) is 1. The van der Waals surface area contributed by atoms with Crippen LogP contribution in [0.25, 0.3) is 0 Å². The molecule has 1 aromatic carbocycles. The maximum absolute atomic E-state index is 13.1. The lowest BCUT2D eigenvalue weighted by Crippen LogP contribution is -2.54. The highest BCUT2D eigenvalue weighted by Gasteiger charge is 2.36. The molecule has 30 heavy (non-hydrogen) atoms. The van der Waals surface area contributed by atoms with Crippen LogP contribution in [0.1, 0.15) is 36.3 Å². The van der Waals surface area contributed by atoms with Gasteiger partial charge in [-0.2, -0.15) is 13.2 Å². The number of benzene rings is 1. The number of ether oxygens (including phenoxy) is 2. The van der Waals surface area contributed by atoms with Crippen LogP contribution >= 0.6 is 0 Å². The first-order chi connectivity index (χ1) is 14.2. The van der Waals surface area contributed by atoms with Gasteiger partial charge in [-0.15, -0.1) is 0 Å². The molecule has 2 heterocycles. The lowest BCUT2D eigenvalue weighted by Gasteiger charge is -2.41. The molecule has 3 unspecified atom stereocenters. The molecule has 10 heteroatoms. The Morgan fingerprint density at radius 1 is 1.07 bits per heavy atom. The first kappa shape index (κ1) is 22.2. The van der Waals surface area contributed by atoms with Crippen LogP contribution in [0.2, 0.25) is 0 Å². The molecule has 2 saturated heterocycles. The number of piperidine rings is 2. The third-order valence-electron chi connectivity index (χ3n) is 5.64. The molecule has 0 saturated carbocycles. The predicted molar refractivity (Wildman–Crippen MR) is 100 cm³/mol. The van der Waals surface area contributed by atoms with Crippen LogP contribution in [0.3, 0.4) is 0 Å². The molecule has 0 bridgehead atoms. The number of urea groups is 1. The summed E-state index contributed by atoms with van der Waals surface area (Å²) in [6.07, 6.45) is -4.73. The smallest absolute Gasteiger partial charge is 0.450 e. The van der Waals surface area contributed by atoms with Crippen molar-refractivity contribution in [3.8, 4) is 0 Å². The number of likely N-dealkylation sites (tertiary alicyclic amines) is 2. The van der Waals surface area contributed by atoms with Gasteiger partial charge in [0.05, 0.1) is 18.2 Å². The van der Waals surface area contributed by atoms with Gasteiger partial charge in [0.1, 0.15) is 6.10 Å². The van der Waals surface area contributed by atoms with Gasteiger partial charge < -0.3 is 24.4 Å². The minimum Gasteiger partial charge on any atom is -0.450 e. The number of carboxylic acid groups (broad SMARTS) is 1. The number of methoxy groups -OCH3 is 1. The van der Waals surface area contributed by atoms with Crippen molar-refractivity contribution in [3.63, 3.8) is 0 Å². The lowest BCUT2D eigenvalue weighted by molar-refractivity contribution is -0.137. The van der Waals surface area contributed by atoms with E-state index in [9.17, 15) is 22.8 Å². The standard InChI is InChI=1S/C20H25F3N2O5/c1-29-16-3-2-8-24(11-16)18(26)25-10-14(9-17(12-25)30-19(27)28)13-4-6-15(7-5-13)20(21,22)23/h4-7,14,16-17H,2-3,8-12H2,1H3,(H,27,28). The van der Waals surface area contributed by atoms with Gasteiger partial charge in [-0.05, 0) is 37.0 Å². The Hall–Kier alpha value is -2.49. The van der Waals surface area contributed by atoms with E-state index in [1.165, 1.54) is 17.0 Å². The van der Waals surface area contributed by atoms with Crippen LogP contribution in [0.4, 0.5) is 22.8 Å². The van der Waals surface area contributed by atoms with E-state index < -0.39 is 24.0 Å². The average Bonchev–Trinajstić information content (AvgIpc) is 2.72. The minimum atomic E-state index is -4.44. The van der Waals surface area contributed by atoms with Gasteiger partial charge in [0.2, 0.25) is 0 Å². The second-order valence-corrected chi connectivity index (χ2v) is 7.69. The summed E-state index contributed by atoms with van der Waals surface area (Å²) >= 11 is 0. The van der Waals surface area contributed by atoms with Gasteiger partial charge in [0.25, 0.3) is 0 Å². The Bertz CT molecular complexity index is 756. The van der Waals surface area contributed by atoms with Crippen LogP contribution in [-0.2, 0) is 15.7 Å². The Morgan fingerprint density at radius 2 is 1.73 bits per heavy atom. The van der Waals surface area contributed by atoms with E-state index in [0.717, 1.165) is 25.0 Å². The Balaban J connectivity index is 1.77. The van der Waals surface area contributed by atoms with Crippen molar-refractivity contribution in [2.24, 2.45) is 0 Å². The van der Waals surface area contributed by atoms with Crippen molar-refractivity contribution >= 4 is 12.2 Å². The van der Waals surface area contributed by atoms with E-state index in [1.54, 1.807) is 12.0 Å². The number of hydrogen-bond acceptors (Lipinski definition) is 4. The maximum Gasteiger partial charge on any atom is 0.506 e. The highest BCUT2D eigenvalue weighted by molar-refractivity contribution is 5.75. The summed E-state index contributed by atoms with van der Waals surface area (Å²) in [6, 6.07) is 4.50. The molecule has 3 rings (SSSR count). The average molecular weight is 430 g/mol. The quantitative estimate of drug-likeness (QED) is 0.739. The molecule has 0 radical (unpaired) electrons. The summed E-state index contributed by atoms with van der Waals surface area (Å²) in [5.74, 6) is -0.336. The fourth-order valence-corrected chi connectivity index (χ4v) is 4.13. The molecule has 2 aliphatic heterocycles. The van der Waals surface area contributed by atoms with Crippen molar-refractivity contribution in [1.82, 2.24) is 9.80 Å². The topological polar surface area (TPSA) is 79.3 Å². The van der Waals surface area contributed by atoms with Gasteiger partial charge in [0, 0.05) is 32.7 Å². The number of rotatable bonds is 3. The van der Waals surface area contributed by atoms with Crippen LogP contribution in [0, 0.1) is 0 Å². The Kier molecular flexibility index (Phi) is 6.74. The normalized spacial score (nSPS) is 25.1. The molecule has 7 nitrogen and oxygen atoms in total. The van der Waals surface area contributed by atoms with E-state index >= 15 is 0 Å². The van der Waals surface area contributed by atoms with E-state index in [-0.39, 0.29) is 31.1 Å². The van der Waals surface area contributed by atoms with Gasteiger partial charge in [-0.3, -0.25) is 0 Å². The van der Waals surface area contributed by atoms with E-state index in [4.69, 9.17) is 14.6 Å². The third kappa shape index (κ3) is 5.35. The molecule has 2 amide bonds. The molecular weight excluding hydrogens is 405 g/mol. The SMILES string of the molecule is COC1CCCN(C(=O)N2CC(OC(=O)O)CC(c3ccc(C(F)(F)F)cc3)C2)C1. The largest absolute Gasteiger partial charge is 0.506 e. The lowest BCUT2D eigenvalue weighted by atomic mass is 9.88. The van der Waals surface area contributed by atoms with Gasteiger partial charge in [-0.1, -0.05) is 12.1 Å². The first-order valence-corrected chi connectivity index (χ1v) is 9.80. The molecule has 2 fully saturated rings. The van der Waals surface area contributed by atoms with Crippen molar-refractivity contribution in [3.05, 3.63) is 35.4 Å². The van der Waals surface area contributed by atoms with Gasteiger partial charge in [0.15, 0.2) is 0 Å². The Labute approximate surface area is 172 Å². The minimum absolute atomic E-state index is 0.0516. The summed E-state index contributed by atoms with van der Waals surface area (Å²) in [6.45, 7) is 1.40. The third-order valence-corrected chi connectivity index (χ3v) is 5.64.